The average Bonchev–Trinajstić information content (AvgIpc) is 2.44. The number of carbonyl (C=O) groups is 1. The molecule has 11 heteroatoms. The van der Waals surface area contributed by atoms with Crippen LogP contribution in [0.4, 0.5) is 18.0 Å². The van der Waals surface area contributed by atoms with Crippen LogP contribution < -0.4 is 10.6 Å². The van der Waals surface area contributed by atoms with Crippen LogP contribution in [-0.4, -0.2) is 60.7 Å². The van der Waals surface area contributed by atoms with Gasteiger partial charge >= 0.3 is 12.3 Å². The maximum absolute atomic E-state index is 13.2. The topological polar surface area (TPSA) is 78.3 Å². The molecule has 0 aromatic heterocycles. The summed E-state index contributed by atoms with van der Waals surface area (Å²) >= 11 is 5.70. The van der Waals surface area contributed by atoms with Crippen molar-refractivity contribution in [1.29, 1.82) is 0 Å². The molecular formula is C14H23ClF3N5O2. The highest BCUT2D eigenvalue weighted by molar-refractivity contribution is 6.64. The summed E-state index contributed by atoms with van der Waals surface area (Å²) in [6.07, 6.45) is -6.06. The maximum Gasteiger partial charge on any atom is 0.449 e. The zero-order chi connectivity index (χ0) is 19.8. The Morgan fingerprint density at radius 2 is 1.96 bits per heavy atom. The Bertz CT molecular complexity index is 530. The second kappa shape index (κ2) is 9.50. The van der Waals surface area contributed by atoms with Crippen LogP contribution in [0.25, 0.3) is 0 Å². The summed E-state index contributed by atoms with van der Waals surface area (Å²) in [5, 5.41) is 4.89. The Morgan fingerprint density at radius 3 is 2.36 bits per heavy atom. The minimum Gasteiger partial charge on any atom is -0.444 e. The predicted octanol–water partition coefficient (Wildman–Crippen LogP) is 2.69. The van der Waals surface area contributed by atoms with Gasteiger partial charge in [-0.1, -0.05) is 6.58 Å². The van der Waals surface area contributed by atoms with E-state index in [4.69, 9.17) is 16.3 Å². The number of aliphatic imine (C=N–C) groups is 2. The number of alkyl carbamates (subject to hydrolysis) is 1. The van der Waals surface area contributed by atoms with Crippen molar-refractivity contribution in [2.75, 3.05) is 20.6 Å². The van der Waals surface area contributed by atoms with Gasteiger partial charge in [0.1, 0.15) is 11.8 Å². The number of nitrogens with zero attached hydrogens (tertiary/aromatic N) is 3. The van der Waals surface area contributed by atoms with Crippen LogP contribution in [0, 0.1) is 0 Å². The van der Waals surface area contributed by atoms with Gasteiger partial charge in [-0.15, -0.1) is 0 Å². The molecule has 0 saturated carbocycles. The number of likely N-dealkylation sites (N-methyl/N-ethyl adjacent to an activating group) is 1. The minimum atomic E-state index is -4.75. The predicted molar refractivity (Wildman–Crippen MR) is 91.8 cm³/mol. The van der Waals surface area contributed by atoms with Crippen molar-refractivity contribution in [3.8, 4) is 0 Å². The minimum absolute atomic E-state index is 0.0291. The third kappa shape index (κ3) is 9.18. The van der Waals surface area contributed by atoms with E-state index in [1.165, 1.54) is 7.05 Å². The van der Waals surface area contributed by atoms with Crippen molar-refractivity contribution in [2.24, 2.45) is 9.98 Å². The molecule has 0 radical (unpaired) electrons. The van der Waals surface area contributed by atoms with Gasteiger partial charge in [-0.3, -0.25) is 10.3 Å². The third-order valence-electron chi connectivity index (χ3n) is 2.59. The summed E-state index contributed by atoms with van der Waals surface area (Å²) in [5.74, 6) is -1.24. The van der Waals surface area contributed by atoms with Crippen LogP contribution in [0.2, 0.25) is 0 Å². The molecule has 0 spiro atoms. The number of ether oxygens (including phenoxy) is 1. The van der Waals surface area contributed by atoms with E-state index in [2.05, 4.69) is 27.2 Å². The number of carbonyl (C=O) groups excluding carboxylic acids is 1. The van der Waals surface area contributed by atoms with Crippen molar-refractivity contribution in [3.05, 3.63) is 12.8 Å². The monoisotopic (exact) mass is 385 g/mol. The zero-order valence-corrected chi connectivity index (χ0v) is 15.5. The summed E-state index contributed by atoms with van der Waals surface area (Å²) in [7, 11) is 2.52. The molecule has 0 fully saturated rings. The lowest BCUT2D eigenvalue weighted by atomic mass is 10.2. The van der Waals surface area contributed by atoms with Crippen molar-refractivity contribution in [1.82, 2.24) is 15.5 Å². The number of halogens is 4. The second-order valence-corrected chi connectivity index (χ2v) is 6.16. The van der Waals surface area contributed by atoms with E-state index in [1.54, 1.807) is 20.8 Å². The van der Waals surface area contributed by atoms with Gasteiger partial charge in [0.15, 0.2) is 5.29 Å². The summed E-state index contributed by atoms with van der Waals surface area (Å²) in [4.78, 5) is 19.5. The van der Waals surface area contributed by atoms with Crippen LogP contribution in [-0.2, 0) is 4.74 Å². The molecule has 1 amide bonds. The van der Waals surface area contributed by atoms with Crippen LogP contribution in [0.15, 0.2) is 22.8 Å². The Labute approximate surface area is 150 Å². The zero-order valence-electron chi connectivity index (χ0n) is 14.7. The molecule has 2 N–H and O–H groups in total. The summed E-state index contributed by atoms with van der Waals surface area (Å²) in [5.41, 5.74) is -0.814. The highest BCUT2D eigenvalue weighted by atomic mass is 35.5. The molecule has 7 nitrogen and oxygen atoms in total. The Kier molecular flexibility index (Phi) is 8.75. The molecule has 0 aliphatic carbocycles. The number of hydrogen-bond donors (Lipinski definition) is 2. The molecule has 0 rings (SSSR count). The largest absolute Gasteiger partial charge is 0.449 e. The summed E-state index contributed by atoms with van der Waals surface area (Å²) < 4.78 is 44.5. The SMILES string of the molecule is C=CN=C(N(C)C(CNC(Cl)=NC)NC(=O)OC(C)(C)C)C(F)(F)F. The lowest BCUT2D eigenvalue weighted by Gasteiger charge is -2.32. The fraction of sp³-hybridized carbons (Fsp3) is 0.643. The van der Waals surface area contributed by atoms with E-state index in [0.29, 0.717) is 0 Å². The molecule has 0 aliphatic heterocycles. The first-order valence-electron chi connectivity index (χ1n) is 7.16. The number of amides is 1. The van der Waals surface area contributed by atoms with Gasteiger partial charge in [-0.2, -0.15) is 13.2 Å². The highest BCUT2D eigenvalue weighted by Crippen LogP contribution is 2.20. The Balaban J connectivity index is 5.44. The van der Waals surface area contributed by atoms with Gasteiger partial charge in [-0.05, 0) is 32.4 Å². The van der Waals surface area contributed by atoms with E-state index in [1.807, 2.05) is 0 Å². The first-order valence-corrected chi connectivity index (χ1v) is 7.54. The molecule has 0 aliphatic rings. The van der Waals surface area contributed by atoms with Crippen LogP contribution >= 0.6 is 11.6 Å². The van der Waals surface area contributed by atoms with Crippen LogP contribution in [0.5, 0.6) is 0 Å². The fourth-order valence-corrected chi connectivity index (χ4v) is 1.66. The van der Waals surface area contributed by atoms with Crippen LogP contribution in [0.1, 0.15) is 20.8 Å². The van der Waals surface area contributed by atoms with Gasteiger partial charge in [0.25, 0.3) is 0 Å². The van der Waals surface area contributed by atoms with E-state index in [-0.39, 0.29) is 11.8 Å². The standard InChI is InChI=1S/C14H23ClF3N5O2/c1-7-20-10(14(16,17)18)23(6)9(8-21-11(15)19-5)22-12(24)25-13(2,3)4/h7,9H,1,8H2,2-6H3,(H,19,21)(H,22,24). The molecule has 1 atom stereocenters. The van der Waals surface area contributed by atoms with Gasteiger partial charge in [0.2, 0.25) is 5.84 Å². The molecular weight excluding hydrogens is 363 g/mol. The Morgan fingerprint density at radius 1 is 1.40 bits per heavy atom. The smallest absolute Gasteiger partial charge is 0.444 e. The molecule has 0 aromatic carbocycles. The third-order valence-corrected chi connectivity index (χ3v) is 2.89. The molecule has 0 aromatic rings. The van der Waals surface area contributed by atoms with Gasteiger partial charge in [-0.25, -0.2) is 9.79 Å². The Hall–Kier alpha value is -1.97. The van der Waals surface area contributed by atoms with Crippen LogP contribution in [0.3, 0.4) is 0 Å². The highest BCUT2D eigenvalue weighted by Gasteiger charge is 2.41. The van der Waals surface area contributed by atoms with Crippen molar-refractivity contribution < 1.29 is 22.7 Å². The molecule has 144 valence electrons. The lowest BCUT2D eigenvalue weighted by molar-refractivity contribution is -0.0701. The molecule has 0 bridgehead atoms. The molecule has 0 heterocycles. The fourth-order valence-electron chi connectivity index (χ4n) is 1.59. The normalized spacial score (nSPS) is 14.6. The summed E-state index contributed by atoms with van der Waals surface area (Å²) in [6, 6.07) is 0. The van der Waals surface area contributed by atoms with E-state index < -0.39 is 29.9 Å². The number of rotatable bonds is 5. The lowest BCUT2D eigenvalue weighted by Crippen LogP contribution is -2.57. The molecule has 1 unspecified atom stereocenters. The molecule has 25 heavy (non-hydrogen) atoms. The first kappa shape index (κ1) is 23.0. The van der Waals surface area contributed by atoms with E-state index >= 15 is 0 Å². The first-order chi connectivity index (χ1) is 11.3. The average molecular weight is 386 g/mol. The van der Waals surface area contributed by atoms with Crippen molar-refractivity contribution >= 4 is 28.8 Å². The quantitative estimate of drug-likeness (QED) is 0.330. The van der Waals surface area contributed by atoms with Crippen molar-refractivity contribution in [3.63, 3.8) is 0 Å². The number of alkyl halides is 3. The second-order valence-electron chi connectivity index (χ2n) is 5.80. The maximum atomic E-state index is 13.2. The van der Waals surface area contributed by atoms with Gasteiger partial charge < -0.3 is 15.0 Å². The summed E-state index contributed by atoms with van der Waals surface area (Å²) in [6.45, 7) is 7.88. The molecule has 0 saturated heterocycles. The van der Waals surface area contributed by atoms with Gasteiger partial charge in [0.05, 0.1) is 6.54 Å². The van der Waals surface area contributed by atoms with E-state index in [9.17, 15) is 18.0 Å². The number of nitrogens with one attached hydrogen (secondary N) is 2. The number of hydrogen-bond acceptors (Lipinski definition) is 4. The van der Waals surface area contributed by atoms with Crippen molar-refractivity contribution in [2.45, 2.75) is 38.7 Å². The van der Waals surface area contributed by atoms with E-state index in [0.717, 1.165) is 18.1 Å². The number of amidine groups is 2. The van der Waals surface area contributed by atoms with Gasteiger partial charge in [0, 0.05) is 20.3 Å².